The van der Waals surface area contributed by atoms with Crippen molar-refractivity contribution in [1.29, 1.82) is 0 Å². The Kier molecular flexibility index (Phi) is 8.83. The van der Waals surface area contributed by atoms with Gasteiger partial charge in [0.1, 0.15) is 0 Å². The van der Waals surface area contributed by atoms with Crippen LogP contribution in [0.1, 0.15) is 33.1 Å². The Morgan fingerprint density at radius 1 is 1.20 bits per heavy atom. The zero-order valence-corrected chi connectivity index (χ0v) is 13.4. The molecule has 1 heterocycles. The molecule has 0 spiro atoms. The third-order valence-electron chi connectivity index (χ3n) is 4.39. The van der Waals surface area contributed by atoms with E-state index in [1.807, 2.05) is 6.08 Å². The highest BCUT2D eigenvalue weighted by molar-refractivity contribution is 4.99. The van der Waals surface area contributed by atoms with Gasteiger partial charge < -0.3 is 11.1 Å². The number of rotatable bonds is 9. The molecule has 0 aromatic rings. The van der Waals surface area contributed by atoms with Gasteiger partial charge in [-0.05, 0) is 37.6 Å². The molecule has 3 heteroatoms. The fourth-order valence-electron chi connectivity index (χ4n) is 3.09. The molecule has 3 nitrogen and oxygen atoms in total. The number of allylic oxidation sites excluding steroid dienone is 3. The van der Waals surface area contributed by atoms with E-state index in [9.17, 15) is 0 Å². The van der Waals surface area contributed by atoms with E-state index in [1.54, 1.807) is 0 Å². The smallest absolute Gasteiger partial charge is 0.0134 e. The molecule has 116 valence electrons. The van der Waals surface area contributed by atoms with Crippen LogP contribution in [0.2, 0.25) is 0 Å². The van der Waals surface area contributed by atoms with E-state index in [1.165, 1.54) is 25.9 Å². The Hall–Kier alpha value is -0.640. The Morgan fingerprint density at radius 2 is 1.90 bits per heavy atom. The number of nitrogens with one attached hydrogen (secondary N) is 1. The summed E-state index contributed by atoms with van der Waals surface area (Å²) < 4.78 is 0. The van der Waals surface area contributed by atoms with Crippen LogP contribution in [0.3, 0.4) is 0 Å². The van der Waals surface area contributed by atoms with Crippen LogP contribution in [0, 0.1) is 11.8 Å². The predicted octanol–water partition coefficient (Wildman–Crippen LogP) is 2.40. The lowest BCUT2D eigenvalue weighted by Gasteiger charge is -2.38. The SMILES string of the molecule is C=C/C=C\[C@H](C)CC[C@H](C)C(CCN)N1CCNCC1. The first-order valence-electron chi connectivity index (χ1n) is 8.13. The van der Waals surface area contributed by atoms with E-state index >= 15 is 0 Å². The second-order valence-corrected chi connectivity index (χ2v) is 6.08. The fraction of sp³-hybridized carbons (Fsp3) is 0.765. The number of hydrogen-bond acceptors (Lipinski definition) is 3. The molecule has 0 bridgehead atoms. The maximum Gasteiger partial charge on any atom is 0.0134 e. The van der Waals surface area contributed by atoms with Gasteiger partial charge in [-0.2, -0.15) is 0 Å². The van der Waals surface area contributed by atoms with Gasteiger partial charge >= 0.3 is 0 Å². The van der Waals surface area contributed by atoms with E-state index in [-0.39, 0.29) is 0 Å². The summed E-state index contributed by atoms with van der Waals surface area (Å²) >= 11 is 0. The first-order valence-corrected chi connectivity index (χ1v) is 8.13. The molecule has 3 N–H and O–H groups in total. The van der Waals surface area contributed by atoms with Crippen molar-refractivity contribution >= 4 is 0 Å². The van der Waals surface area contributed by atoms with Crippen LogP contribution < -0.4 is 11.1 Å². The Bertz CT molecular complexity index is 282. The first-order chi connectivity index (χ1) is 9.69. The van der Waals surface area contributed by atoms with Crippen LogP contribution in [-0.4, -0.2) is 43.7 Å². The summed E-state index contributed by atoms with van der Waals surface area (Å²) in [5.74, 6) is 1.35. The molecule has 0 aromatic carbocycles. The molecule has 1 saturated heterocycles. The van der Waals surface area contributed by atoms with E-state index in [0.717, 1.165) is 32.0 Å². The van der Waals surface area contributed by atoms with Crippen molar-refractivity contribution in [3.8, 4) is 0 Å². The van der Waals surface area contributed by atoms with Crippen molar-refractivity contribution in [2.45, 2.75) is 39.2 Å². The Labute approximate surface area is 125 Å². The molecular weight excluding hydrogens is 246 g/mol. The maximum atomic E-state index is 5.83. The molecule has 1 rings (SSSR count). The molecule has 0 aliphatic carbocycles. The molecule has 1 aliphatic heterocycles. The highest BCUT2D eigenvalue weighted by Gasteiger charge is 2.24. The summed E-state index contributed by atoms with van der Waals surface area (Å²) in [5, 5.41) is 3.43. The molecule has 1 aliphatic rings. The Morgan fingerprint density at radius 3 is 2.50 bits per heavy atom. The van der Waals surface area contributed by atoms with Crippen molar-refractivity contribution in [2.24, 2.45) is 17.6 Å². The third kappa shape index (κ3) is 6.21. The van der Waals surface area contributed by atoms with Crippen LogP contribution in [0.15, 0.2) is 24.8 Å². The normalized spacial score (nSPS) is 21.8. The number of hydrogen-bond donors (Lipinski definition) is 2. The Balaban J connectivity index is 2.44. The number of nitrogens with zero attached hydrogens (tertiary/aromatic N) is 1. The highest BCUT2D eigenvalue weighted by Crippen LogP contribution is 2.22. The van der Waals surface area contributed by atoms with E-state index in [4.69, 9.17) is 5.73 Å². The van der Waals surface area contributed by atoms with Gasteiger partial charge in [0.2, 0.25) is 0 Å². The third-order valence-corrected chi connectivity index (χ3v) is 4.39. The molecule has 0 radical (unpaired) electrons. The van der Waals surface area contributed by atoms with Gasteiger partial charge in [-0.1, -0.05) is 38.7 Å². The largest absolute Gasteiger partial charge is 0.330 e. The lowest BCUT2D eigenvalue weighted by atomic mass is 9.89. The van der Waals surface area contributed by atoms with Crippen molar-refractivity contribution in [1.82, 2.24) is 10.2 Å². The minimum Gasteiger partial charge on any atom is -0.330 e. The number of piperazine rings is 1. The van der Waals surface area contributed by atoms with E-state index in [0.29, 0.717) is 12.0 Å². The number of nitrogens with two attached hydrogens (primary N) is 1. The molecule has 0 saturated carbocycles. The van der Waals surface area contributed by atoms with E-state index < -0.39 is 0 Å². The minimum atomic E-state index is 0.636. The average Bonchev–Trinajstić information content (AvgIpc) is 2.49. The van der Waals surface area contributed by atoms with E-state index in [2.05, 4.69) is 42.8 Å². The molecule has 0 aromatic heterocycles. The van der Waals surface area contributed by atoms with Crippen LogP contribution in [0.5, 0.6) is 0 Å². The van der Waals surface area contributed by atoms with Gasteiger partial charge in [-0.15, -0.1) is 0 Å². The molecule has 20 heavy (non-hydrogen) atoms. The summed E-state index contributed by atoms with van der Waals surface area (Å²) in [6, 6.07) is 0.651. The zero-order chi connectivity index (χ0) is 14.8. The molecule has 3 atom stereocenters. The average molecular weight is 279 g/mol. The van der Waals surface area contributed by atoms with Gasteiger partial charge in [0.05, 0.1) is 0 Å². The predicted molar refractivity (Wildman–Crippen MR) is 88.8 cm³/mol. The molecule has 1 fully saturated rings. The van der Waals surface area contributed by atoms with Gasteiger partial charge in [0.25, 0.3) is 0 Å². The van der Waals surface area contributed by atoms with Crippen molar-refractivity contribution in [3.63, 3.8) is 0 Å². The summed E-state index contributed by atoms with van der Waals surface area (Å²) in [7, 11) is 0. The quantitative estimate of drug-likeness (QED) is 0.637. The monoisotopic (exact) mass is 279 g/mol. The van der Waals surface area contributed by atoms with Crippen molar-refractivity contribution in [3.05, 3.63) is 24.8 Å². The standard InChI is InChI=1S/C17H33N3/c1-4-5-6-15(2)7-8-16(3)17(9-10-18)20-13-11-19-12-14-20/h4-6,15-17,19H,1,7-14,18H2,2-3H3/b6-5-/t15-,16-,17?/m0/s1. The second-order valence-electron chi connectivity index (χ2n) is 6.08. The van der Waals surface area contributed by atoms with Crippen LogP contribution in [0.4, 0.5) is 0 Å². The topological polar surface area (TPSA) is 41.3 Å². The second kappa shape index (κ2) is 10.1. The molecule has 0 amide bonds. The van der Waals surface area contributed by atoms with Crippen molar-refractivity contribution in [2.75, 3.05) is 32.7 Å². The van der Waals surface area contributed by atoms with Crippen LogP contribution in [0.25, 0.3) is 0 Å². The zero-order valence-electron chi connectivity index (χ0n) is 13.4. The van der Waals surface area contributed by atoms with Gasteiger partial charge in [-0.3, -0.25) is 4.90 Å². The van der Waals surface area contributed by atoms with Crippen LogP contribution >= 0.6 is 0 Å². The lowest BCUT2D eigenvalue weighted by Crippen LogP contribution is -2.51. The van der Waals surface area contributed by atoms with Gasteiger partial charge in [-0.25, -0.2) is 0 Å². The first kappa shape index (κ1) is 17.4. The van der Waals surface area contributed by atoms with Crippen LogP contribution in [-0.2, 0) is 0 Å². The molecule has 1 unspecified atom stereocenters. The summed E-state index contributed by atoms with van der Waals surface area (Å²) in [4.78, 5) is 2.64. The summed E-state index contributed by atoms with van der Waals surface area (Å²) in [6.45, 7) is 13.8. The summed E-state index contributed by atoms with van der Waals surface area (Å²) in [6.07, 6.45) is 9.82. The fourth-order valence-corrected chi connectivity index (χ4v) is 3.09. The van der Waals surface area contributed by atoms with Gasteiger partial charge in [0, 0.05) is 32.2 Å². The van der Waals surface area contributed by atoms with Gasteiger partial charge in [0.15, 0.2) is 0 Å². The molecular formula is C17H33N3. The minimum absolute atomic E-state index is 0.636. The highest BCUT2D eigenvalue weighted by atomic mass is 15.2. The van der Waals surface area contributed by atoms with Crippen molar-refractivity contribution < 1.29 is 0 Å². The lowest BCUT2D eigenvalue weighted by molar-refractivity contribution is 0.118. The summed E-state index contributed by atoms with van der Waals surface area (Å²) in [5.41, 5.74) is 5.83. The maximum absolute atomic E-state index is 5.83.